The molecule has 0 bridgehead atoms. The molecule has 0 saturated heterocycles. The van der Waals surface area contributed by atoms with Crippen molar-refractivity contribution >= 4 is 27.5 Å². The zero-order chi connectivity index (χ0) is 10.4. The maximum Gasteiger partial charge on any atom is 0.119 e. The van der Waals surface area contributed by atoms with Crippen LogP contribution in [0.5, 0.6) is 5.75 Å². The highest BCUT2D eigenvalue weighted by Gasteiger charge is 2.20. The SMILES string of the molecule is CC(Cl)(CCBr)COc1ccccc1. The van der Waals surface area contributed by atoms with Crippen LogP contribution in [0.1, 0.15) is 13.3 Å². The minimum Gasteiger partial charge on any atom is -0.492 e. The minimum atomic E-state index is -0.292. The van der Waals surface area contributed by atoms with Gasteiger partial charge in [-0.3, -0.25) is 0 Å². The summed E-state index contributed by atoms with van der Waals surface area (Å²) in [4.78, 5) is -0.292. The molecule has 0 spiro atoms. The standard InChI is InChI=1S/C11H14BrClO/c1-11(13,7-8-12)9-14-10-5-3-2-4-6-10/h2-6H,7-9H2,1H3. The van der Waals surface area contributed by atoms with Crippen molar-refractivity contribution in [2.24, 2.45) is 0 Å². The Balaban J connectivity index is 2.40. The molecule has 1 atom stereocenters. The van der Waals surface area contributed by atoms with Crippen molar-refractivity contribution in [3.63, 3.8) is 0 Å². The molecule has 1 aromatic carbocycles. The molecule has 0 saturated carbocycles. The summed E-state index contributed by atoms with van der Waals surface area (Å²) in [6.07, 6.45) is 0.890. The van der Waals surface area contributed by atoms with Gasteiger partial charge < -0.3 is 4.74 Å². The zero-order valence-corrected chi connectivity index (χ0v) is 10.5. The Morgan fingerprint density at radius 2 is 2.00 bits per heavy atom. The van der Waals surface area contributed by atoms with Crippen molar-refractivity contribution in [2.75, 3.05) is 11.9 Å². The van der Waals surface area contributed by atoms with Crippen LogP contribution in [0.3, 0.4) is 0 Å². The molecule has 0 aliphatic carbocycles. The summed E-state index contributed by atoms with van der Waals surface area (Å²) in [5, 5.41) is 0.894. The van der Waals surface area contributed by atoms with Crippen LogP contribution in [0.2, 0.25) is 0 Å². The van der Waals surface area contributed by atoms with Crippen LogP contribution < -0.4 is 4.74 Å². The van der Waals surface area contributed by atoms with E-state index in [0.29, 0.717) is 6.61 Å². The average molecular weight is 278 g/mol. The predicted octanol–water partition coefficient (Wildman–Crippen LogP) is 3.85. The number of alkyl halides is 2. The fourth-order valence-corrected chi connectivity index (χ4v) is 2.27. The van der Waals surface area contributed by atoms with E-state index in [1.807, 2.05) is 37.3 Å². The number of para-hydroxylation sites is 1. The minimum absolute atomic E-state index is 0.292. The molecular weight excluding hydrogens is 263 g/mol. The number of rotatable bonds is 5. The second-order valence-electron chi connectivity index (χ2n) is 3.45. The van der Waals surface area contributed by atoms with E-state index < -0.39 is 0 Å². The van der Waals surface area contributed by atoms with Gasteiger partial charge in [-0.1, -0.05) is 34.1 Å². The van der Waals surface area contributed by atoms with Crippen LogP contribution in [0, 0.1) is 0 Å². The van der Waals surface area contributed by atoms with E-state index in [9.17, 15) is 0 Å². The van der Waals surface area contributed by atoms with Crippen LogP contribution in [0.4, 0.5) is 0 Å². The van der Waals surface area contributed by atoms with Crippen molar-refractivity contribution in [3.05, 3.63) is 30.3 Å². The van der Waals surface area contributed by atoms with Gasteiger partial charge in [0.05, 0.1) is 4.87 Å². The van der Waals surface area contributed by atoms with Gasteiger partial charge in [0.1, 0.15) is 12.4 Å². The quantitative estimate of drug-likeness (QED) is 0.743. The number of benzene rings is 1. The van der Waals surface area contributed by atoms with Crippen molar-refractivity contribution in [3.8, 4) is 5.75 Å². The van der Waals surface area contributed by atoms with Crippen LogP contribution in [0.15, 0.2) is 30.3 Å². The number of ether oxygens (including phenoxy) is 1. The van der Waals surface area contributed by atoms with E-state index >= 15 is 0 Å². The Labute approximate surface area is 98.5 Å². The molecule has 1 nitrogen and oxygen atoms in total. The third-order valence-electron chi connectivity index (χ3n) is 1.90. The summed E-state index contributed by atoms with van der Waals surface area (Å²) >= 11 is 9.60. The highest BCUT2D eigenvalue weighted by Crippen LogP contribution is 2.22. The van der Waals surface area contributed by atoms with Crippen molar-refractivity contribution < 1.29 is 4.74 Å². The monoisotopic (exact) mass is 276 g/mol. The van der Waals surface area contributed by atoms with Gasteiger partial charge in [-0.15, -0.1) is 11.6 Å². The van der Waals surface area contributed by atoms with Gasteiger partial charge in [-0.05, 0) is 25.5 Å². The Morgan fingerprint density at radius 1 is 1.36 bits per heavy atom. The molecule has 0 radical (unpaired) electrons. The first-order valence-electron chi connectivity index (χ1n) is 4.57. The van der Waals surface area contributed by atoms with E-state index in [-0.39, 0.29) is 4.87 Å². The molecule has 0 N–H and O–H groups in total. The largest absolute Gasteiger partial charge is 0.492 e. The third-order valence-corrected chi connectivity index (χ3v) is 2.59. The first-order chi connectivity index (χ1) is 6.64. The van der Waals surface area contributed by atoms with Gasteiger partial charge >= 0.3 is 0 Å². The molecular formula is C11H14BrClO. The van der Waals surface area contributed by atoms with E-state index in [4.69, 9.17) is 16.3 Å². The van der Waals surface area contributed by atoms with Crippen LogP contribution in [-0.4, -0.2) is 16.8 Å². The number of halogens is 2. The summed E-state index contributed by atoms with van der Waals surface area (Å²) < 4.78 is 5.57. The topological polar surface area (TPSA) is 9.23 Å². The van der Waals surface area contributed by atoms with Crippen LogP contribution >= 0.6 is 27.5 Å². The van der Waals surface area contributed by atoms with Gasteiger partial charge in [-0.2, -0.15) is 0 Å². The highest BCUT2D eigenvalue weighted by atomic mass is 79.9. The molecule has 0 aliphatic rings. The van der Waals surface area contributed by atoms with Gasteiger partial charge in [0.25, 0.3) is 0 Å². The Hall–Kier alpha value is -0.210. The average Bonchev–Trinajstić information content (AvgIpc) is 2.17. The molecule has 0 fully saturated rings. The third kappa shape index (κ3) is 4.34. The molecule has 0 heterocycles. The summed E-state index contributed by atoms with van der Waals surface area (Å²) in [5.74, 6) is 0.869. The lowest BCUT2D eigenvalue weighted by molar-refractivity contribution is 0.273. The zero-order valence-electron chi connectivity index (χ0n) is 8.17. The molecule has 3 heteroatoms. The van der Waals surface area contributed by atoms with E-state index in [1.54, 1.807) is 0 Å². The van der Waals surface area contributed by atoms with Crippen LogP contribution in [0.25, 0.3) is 0 Å². The molecule has 1 rings (SSSR count). The van der Waals surface area contributed by atoms with Gasteiger partial charge in [0.15, 0.2) is 0 Å². The summed E-state index contributed by atoms with van der Waals surface area (Å²) in [5.41, 5.74) is 0. The molecule has 14 heavy (non-hydrogen) atoms. The number of hydrogen-bond acceptors (Lipinski definition) is 1. The summed E-state index contributed by atoms with van der Waals surface area (Å²) in [7, 11) is 0. The molecule has 0 amide bonds. The maximum absolute atomic E-state index is 6.23. The smallest absolute Gasteiger partial charge is 0.119 e. The molecule has 1 unspecified atom stereocenters. The van der Waals surface area contributed by atoms with E-state index in [0.717, 1.165) is 17.5 Å². The molecule has 1 aromatic rings. The van der Waals surface area contributed by atoms with Gasteiger partial charge in [-0.25, -0.2) is 0 Å². The molecule has 0 aliphatic heterocycles. The molecule has 0 aromatic heterocycles. The Kier molecular flexibility index (Phi) is 4.76. The first-order valence-corrected chi connectivity index (χ1v) is 6.07. The van der Waals surface area contributed by atoms with E-state index in [1.165, 1.54) is 0 Å². The second kappa shape index (κ2) is 5.62. The highest BCUT2D eigenvalue weighted by molar-refractivity contribution is 9.09. The van der Waals surface area contributed by atoms with Gasteiger partial charge in [0, 0.05) is 5.33 Å². The predicted molar refractivity (Wildman–Crippen MR) is 64.6 cm³/mol. The fourth-order valence-electron chi connectivity index (χ4n) is 1.02. The fraction of sp³-hybridized carbons (Fsp3) is 0.455. The first kappa shape index (κ1) is 11.9. The second-order valence-corrected chi connectivity index (χ2v) is 5.16. The van der Waals surface area contributed by atoms with Crippen molar-refractivity contribution in [2.45, 2.75) is 18.2 Å². The van der Waals surface area contributed by atoms with Crippen LogP contribution in [-0.2, 0) is 0 Å². The Bertz CT molecular complexity index is 261. The molecule has 78 valence electrons. The van der Waals surface area contributed by atoms with E-state index in [2.05, 4.69) is 15.9 Å². The van der Waals surface area contributed by atoms with Crippen molar-refractivity contribution in [1.29, 1.82) is 0 Å². The maximum atomic E-state index is 6.23. The summed E-state index contributed by atoms with van der Waals surface area (Å²) in [6.45, 7) is 2.52. The lowest BCUT2D eigenvalue weighted by Crippen LogP contribution is -2.26. The van der Waals surface area contributed by atoms with Crippen molar-refractivity contribution in [1.82, 2.24) is 0 Å². The lowest BCUT2D eigenvalue weighted by atomic mass is 10.1. The lowest BCUT2D eigenvalue weighted by Gasteiger charge is -2.21. The Morgan fingerprint density at radius 3 is 2.57 bits per heavy atom. The number of hydrogen-bond donors (Lipinski definition) is 0. The summed E-state index contributed by atoms with van der Waals surface area (Å²) in [6, 6.07) is 9.73. The normalized spacial score (nSPS) is 14.8. The van der Waals surface area contributed by atoms with Gasteiger partial charge in [0.2, 0.25) is 0 Å².